The van der Waals surface area contributed by atoms with Gasteiger partial charge in [-0.3, -0.25) is 4.79 Å². The second kappa shape index (κ2) is 4.32. The van der Waals surface area contributed by atoms with Gasteiger partial charge in [-0.2, -0.15) is 0 Å². The van der Waals surface area contributed by atoms with Crippen molar-refractivity contribution in [1.29, 1.82) is 0 Å². The average molecular weight is 201 g/mol. The summed E-state index contributed by atoms with van der Waals surface area (Å²) in [4.78, 5) is 23.5. The lowest BCUT2D eigenvalue weighted by molar-refractivity contribution is -0.137. The van der Waals surface area contributed by atoms with E-state index < -0.39 is 5.97 Å². The van der Waals surface area contributed by atoms with Gasteiger partial charge in [0.2, 0.25) is 5.91 Å². The fourth-order valence-electron chi connectivity index (χ4n) is 0.875. The Balaban J connectivity index is 2.61. The van der Waals surface area contributed by atoms with Crippen molar-refractivity contribution < 1.29 is 14.3 Å². The van der Waals surface area contributed by atoms with Gasteiger partial charge < -0.3 is 9.64 Å². The van der Waals surface area contributed by atoms with Crippen LogP contribution in [0.3, 0.4) is 0 Å². The molecular formula is C8H11NO3S. The van der Waals surface area contributed by atoms with Gasteiger partial charge in [-0.15, -0.1) is 0 Å². The number of carbonyl (C=O) groups excluding carboxylic acids is 2. The molecule has 1 amide bonds. The molecule has 0 N–H and O–H groups in total. The smallest absolute Gasteiger partial charge is 0.333 e. The SMILES string of the molecule is CCOC(=O)C=C1SCC(=O)N1C. The molecule has 1 heterocycles. The zero-order valence-corrected chi connectivity index (χ0v) is 8.39. The molecule has 0 aliphatic carbocycles. The van der Waals surface area contributed by atoms with Crippen LogP contribution in [-0.2, 0) is 14.3 Å². The zero-order valence-electron chi connectivity index (χ0n) is 7.57. The minimum Gasteiger partial charge on any atom is -0.463 e. The Labute approximate surface area is 80.9 Å². The number of esters is 1. The van der Waals surface area contributed by atoms with Crippen LogP contribution in [0.2, 0.25) is 0 Å². The second-order valence-corrected chi connectivity index (χ2v) is 3.47. The lowest BCUT2D eigenvalue weighted by Gasteiger charge is -2.08. The molecule has 1 aliphatic heterocycles. The molecule has 13 heavy (non-hydrogen) atoms. The molecule has 1 saturated heterocycles. The quantitative estimate of drug-likeness (QED) is 0.485. The first kappa shape index (κ1) is 10.1. The van der Waals surface area contributed by atoms with E-state index in [0.717, 1.165) is 0 Å². The highest BCUT2D eigenvalue weighted by atomic mass is 32.2. The number of rotatable bonds is 2. The highest BCUT2D eigenvalue weighted by molar-refractivity contribution is 8.04. The fraction of sp³-hybridized carbons (Fsp3) is 0.500. The Hall–Kier alpha value is -0.970. The summed E-state index contributed by atoms with van der Waals surface area (Å²) in [6.07, 6.45) is 1.35. The van der Waals surface area contributed by atoms with E-state index in [4.69, 9.17) is 4.74 Å². The molecule has 0 unspecified atom stereocenters. The third kappa shape index (κ3) is 2.48. The summed E-state index contributed by atoms with van der Waals surface area (Å²) in [5.41, 5.74) is 0. The van der Waals surface area contributed by atoms with Gasteiger partial charge in [-0.25, -0.2) is 4.79 Å². The summed E-state index contributed by atoms with van der Waals surface area (Å²) in [5.74, 6) is 0.0222. The summed E-state index contributed by atoms with van der Waals surface area (Å²) in [5, 5.41) is 0.656. The van der Waals surface area contributed by atoms with Gasteiger partial charge in [0.05, 0.1) is 23.5 Å². The van der Waals surface area contributed by atoms with Gasteiger partial charge >= 0.3 is 5.97 Å². The minimum absolute atomic E-state index is 0.0144. The Bertz CT molecular complexity index is 262. The van der Waals surface area contributed by atoms with Crippen LogP contribution in [0.15, 0.2) is 11.1 Å². The van der Waals surface area contributed by atoms with Crippen LogP contribution in [-0.4, -0.2) is 36.2 Å². The van der Waals surface area contributed by atoms with Crippen LogP contribution >= 0.6 is 11.8 Å². The molecule has 0 spiro atoms. The predicted molar refractivity (Wildman–Crippen MR) is 49.9 cm³/mol. The molecule has 0 saturated carbocycles. The molecule has 1 rings (SSSR count). The molecule has 0 atom stereocenters. The van der Waals surface area contributed by atoms with Crippen LogP contribution in [0.4, 0.5) is 0 Å². The number of nitrogens with zero attached hydrogens (tertiary/aromatic N) is 1. The third-order valence-electron chi connectivity index (χ3n) is 1.58. The van der Waals surface area contributed by atoms with E-state index in [2.05, 4.69) is 0 Å². The van der Waals surface area contributed by atoms with Crippen LogP contribution < -0.4 is 0 Å². The average Bonchev–Trinajstić information content (AvgIpc) is 2.37. The third-order valence-corrected chi connectivity index (χ3v) is 2.65. The van der Waals surface area contributed by atoms with Crippen molar-refractivity contribution in [3.63, 3.8) is 0 Å². The van der Waals surface area contributed by atoms with Gasteiger partial charge in [0.25, 0.3) is 0 Å². The van der Waals surface area contributed by atoms with Crippen molar-refractivity contribution in [2.24, 2.45) is 0 Å². The van der Waals surface area contributed by atoms with Gasteiger partial charge in [0.15, 0.2) is 0 Å². The number of amides is 1. The van der Waals surface area contributed by atoms with Crippen LogP contribution in [0.1, 0.15) is 6.92 Å². The van der Waals surface area contributed by atoms with Crippen molar-refractivity contribution >= 4 is 23.6 Å². The largest absolute Gasteiger partial charge is 0.463 e. The standard InChI is InChI=1S/C8H11NO3S/c1-3-12-8(11)4-7-9(2)6(10)5-13-7/h4H,3,5H2,1-2H3. The van der Waals surface area contributed by atoms with Gasteiger partial charge in [-0.05, 0) is 6.92 Å². The number of hydrogen-bond acceptors (Lipinski definition) is 4. The maximum Gasteiger partial charge on any atom is 0.333 e. The lowest BCUT2D eigenvalue weighted by Crippen LogP contribution is -2.19. The van der Waals surface area contributed by atoms with Crippen molar-refractivity contribution in [3.05, 3.63) is 11.1 Å². The second-order valence-electron chi connectivity index (χ2n) is 2.48. The number of thioether (sulfide) groups is 1. The van der Waals surface area contributed by atoms with Crippen molar-refractivity contribution in [2.45, 2.75) is 6.92 Å². The van der Waals surface area contributed by atoms with Crippen molar-refractivity contribution in [3.8, 4) is 0 Å². The monoisotopic (exact) mass is 201 g/mol. The molecule has 0 aromatic heterocycles. The lowest BCUT2D eigenvalue weighted by atomic mass is 10.5. The van der Waals surface area contributed by atoms with Crippen LogP contribution in [0.5, 0.6) is 0 Å². The van der Waals surface area contributed by atoms with Crippen molar-refractivity contribution in [2.75, 3.05) is 19.4 Å². The highest BCUT2D eigenvalue weighted by Crippen LogP contribution is 2.26. The van der Waals surface area contributed by atoms with E-state index in [1.165, 1.54) is 22.7 Å². The van der Waals surface area contributed by atoms with Gasteiger partial charge in [0.1, 0.15) is 0 Å². The first-order valence-electron chi connectivity index (χ1n) is 3.93. The van der Waals surface area contributed by atoms with E-state index in [1.807, 2.05) is 0 Å². The molecule has 0 aromatic carbocycles. The first-order valence-corrected chi connectivity index (χ1v) is 4.91. The number of hydrogen-bond donors (Lipinski definition) is 0. The van der Waals surface area contributed by atoms with E-state index in [-0.39, 0.29) is 5.91 Å². The van der Waals surface area contributed by atoms with E-state index in [0.29, 0.717) is 17.4 Å². The normalized spacial score (nSPS) is 19.7. The van der Waals surface area contributed by atoms with Crippen LogP contribution in [0.25, 0.3) is 0 Å². The summed E-state index contributed by atoms with van der Waals surface area (Å²) in [6, 6.07) is 0. The zero-order chi connectivity index (χ0) is 9.84. The van der Waals surface area contributed by atoms with E-state index in [1.54, 1.807) is 14.0 Å². The molecule has 0 aromatic rings. The Morgan fingerprint density at radius 2 is 2.46 bits per heavy atom. The molecule has 1 aliphatic rings. The summed E-state index contributed by atoms with van der Waals surface area (Å²) in [7, 11) is 1.65. The molecule has 0 bridgehead atoms. The topological polar surface area (TPSA) is 46.6 Å². The molecule has 0 radical (unpaired) electrons. The van der Waals surface area contributed by atoms with Gasteiger partial charge in [0, 0.05) is 7.05 Å². The molecule has 72 valence electrons. The number of ether oxygens (including phenoxy) is 1. The maximum atomic E-state index is 11.0. The molecule has 4 nitrogen and oxygen atoms in total. The molecule has 1 fully saturated rings. The van der Waals surface area contributed by atoms with Gasteiger partial charge in [-0.1, -0.05) is 11.8 Å². The first-order chi connectivity index (χ1) is 6.15. The number of carbonyl (C=O) groups is 2. The highest BCUT2D eigenvalue weighted by Gasteiger charge is 2.23. The Kier molecular flexibility index (Phi) is 3.36. The molecule has 5 heteroatoms. The summed E-state index contributed by atoms with van der Waals surface area (Å²) >= 11 is 1.35. The Morgan fingerprint density at radius 1 is 1.77 bits per heavy atom. The maximum absolute atomic E-state index is 11.0. The minimum atomic E-state index is -0.397. The fourth-order valence-corrected chi connectivity index (χ4v) is 1.82. The summed E-state index contributed by atoms with van der Waals surface area (Å²) < 4.78 is 4.72. The Morgan fingerprint density at radius 3 is 2.92 bits per heavy atom. The predicted octanol–water partition coefficient (Wildman–Crippen LogP) is 0.596. The summed E-state index contributed by atoms with van der Waals surface area (Å²) in [6.45, 7) is 2.10. The molecular weight excluding hydrogens is 190 g/mol. The van der Waals surface area contributed by atoms with E-state index >= 15 is 0 Å². The van der Waals surface area contributed by atoms with E-state index in [9.17, 15) is 9.59 Å². The van der Waals surface area contributed by atoms with Crippen LogP contribution in [0, 0.1) is 0 Å². The van der Waals surface area contributed by atoms with Crippen molar-refractivity contribution in [1.82, 2.24) is 4.90 Å².